The van der Waals surface area contributed by atoms with E-state index in [-0.39, 0.29) is 28.5 Å². The van der Waals surface area contributed by atoms with Crippen molar-refractivity contribution in [3.8, 4) is 0 Å². The van der Waals surface area contributed by atoms with Crippen molar-refractivity contribution in [1.29, 1.82) is 0 Å². The predicted octanol–water partition coefficient (Wildman–Crippen LogP) is 4.13. The van der Waals surface area contributed by atoms with Gasteiger partial charge in [0.05, 0.1) is 22.6 Å². The van der Waals surface area contributed by atoms with Gasteiger partial charge in [-0.3, -0.25) is 4.79 Å². The van der Waals surface area contributed by atoms with Gasteiger partial charge in [0, 0.05) is 5.69 Å². The average Bonchev–Trinajstić information content (AvgIpc) is 2.60. The summed E-state index contributed by atoms with van der Waals surface area (Å²) in [5, 5.41) is 2.55. The summed E-state index contributed by atoms with van der Waals surface area (Å²) in [5.74, 6) is -1.34. The Bertz CT molecular complexity index is 887. The van der Waals surface area contributed by atoms with Crippen LogP contribution >= 0.6 is 23.5 Å². The molecule has 0 aliphatic heterocycles. The normalized spacial score (nSPS) is 12.1. The number of carbonyl (C=O) groups is 1. The number of thioether (sulfide) groups is 2. The molecule has 14 heteroatoms. The highest BCUT2D eigenvalue weighted by Gasteiger charge is 2.37. The van der Waals surface area contributed by atoms with Crippen molar-refractivity contribution < 1.29 is 31.1 Å². The molecule has 0 unspecified atom stereocenters. The number of nitrogens with two attached hydrogens (primary N) is 2. The van der Waals surface area contributed by atoms with Gasteiger partial charge in [-0.15, -0.1) is 11.8 Å². The lowest BCUT2D eigenvalue weighted by Gasteiger charge is -2.15. The fraction of sp³-hybridized carbons (Fsp3) is 0.267. The third-order valence-corrected chi connectivity index (χ3v) is 4.99. The van der Waals surface area contributed by atoms with Gasteiger partial charge in [0.2, 0.25) is 11.9 Å². The zero-order valence-electron chi connectivity index (χ0n) is 14.5. The van der Waals surface area contributed by atoms with Crippen molar-refractivity contribution in [2.75, 3.05) is 28.8 Å². The zero-order chi connectivity index (χ0) is 22.0. The summed E-state index contributed by atoms with van der Waals surface area (Å²) in [6.45, 7) is 0. The Morgan fingerprint density at radius 3 is 2.00 bits per heavy atom. The van der Waals surface area contributed by atoms with Crippen LogP contribution in [0, 0.1) is 0 Å². The molecule has 29 heavy (non-hydrogen) atoms. The van der Waals surface area contributed by atoms with E-state index in [4.69, 9.17) is 11.5 Å². The molecule has 0 fully saturated rings. The quantitative estimate of drug-likeness (QED) is 0.352. The lowest BCUT2D eigenvalue weighted by molar-refractivity contribution is -0.143. The van der Waals surface area contributed by atoms with Gasteiger partial charge < -0.3 is 16.8 Å². The van der Waals surface area contributed by atoms with E-state index in [9.17, 15) is 31.1 Å². The molecule has 2 aromatic rings. The fourth-order valence-corrected chi connectivity index (χ4v) is 3.38. The number of benzene rings is 1. The van der Waals surface area contributed by atoms with E-state index >= 15 is 0 Å². The van der Waals surface area contributed by atoms with E-state index in [1.54, 1.807) is 6.26 Å². The Balaban J connectivity index is 2.20. The number of alkyl halides is 6. The molecule has 6 nitrogen and oxygen atoms in total. The van der Waals surface area contributed by atoms with Crippen LogP contribution in [-0.2, 0) is 17.1 Å². The summed E-state index contributed by atoms with van der Waals surface area (Å²) in [4.78, 5) is 19.8. The first kappa shape index (κ1) is 22.9. The van der Waals surface area contributed by atoms with E-state index in [1.165, 1.54) is 11.8 Å². The van der Waals surface area contributed by atoms with Crippen molar-refractivity contribution in [3.05, 3.63) is 29.3 Å². The van der Waals surface area contributed by atoms with Crippen LogP contribution in [0.15, 0.2) is 28.3 Å². The lowest BCUT2D eigenvalue weighted by Crippen LogP contribution is -2.17. The maximum Gasteiger partial charge on any atom is 0.416 e. The van der Waals surface area contributed by atoms with Gasteiger partial charge in [-0.25, -0.2) is 9.97 Å². The second-order valence-electron chi connectivity index (χ2n) is 5.44. The van der Waals surface area contributed by atoms with Gasteiger partial charge in [0.25, 0.3) is 0 Å². The molecule has 158 valence electrons. The number of nitrogens with zero attached hydrogens (tertiary/aromatic N) is 2. The third-order valence-electron chi connectivity index (χ3n) is 3.30. The van der Waals surface area contributed by atoms with E-state index in [0.717, 1.165) is 11.8 Å². The zero-order valence-corrected chi connectivity index (χ0v) is 16.1. The Morgan fingerprint density at radius 1 is 1.00 bits per heavy atom. The van der Waals surface area contributed by atoms with Gasteiger partial charge in [0.1, 0.15) is 10.1 Å². The molecule has 0 bridgehead atoms. The minimum Gasteiger partial charge on any atom is -0.394 e. The molecular weight excluding hydrogens is 444 g/mol. The van der Waals surface area contributed by atoms with Crippen LogP contribution in [0.5, 0.6) is 0 Å². The van der Waals surface area contributed by atoms with E-state index in [0.29, 0.717) is 17.2 Å². The molecule has 0 aliphatic carbocycles. The number of carbonyl (C=O) groups excluding carboxylic acids is 1. The number of halogens is 6. The van der Waals surface area contributed by atoms with Crippen LogP contribution in [-0.4, -0.2) is 27.9 Å². The topological polar surface area (TPSA) is 107 Å². The Morgan fingerprint density at radius 2 is 1.52 bits per heavy atom. The predicted molar refractivity (Wildman–Crippen MR) is 98.4 cm³/mol. The number of amides is 1. The molecule has 1 amide bonds. The Kier molecular flexibility index (Phi) is 6.78. The van der Waals surface area contributed by atoms with Crippen LogP contribution in [0.25, 0.3) is 0 Å². The molecule has 0 atom stereocenters. The van der Waals surface area contributed by atoms with Crippen LogP contribution in [0.3, 0.4) is 0 Å². The molecule has 1 heterocycles. The van der Waals surface area contributed by atoms with Gasteiger partial charge in [-0.2, -0.15) is 26.3 Å². The number of hydrogen-bond donors (Lipinski definition) is 3. The van der Waals surface area contributed by atoms with Crippen molar-refractivity contribution >= 4 is 46.8 Å². The van der Waals surface area contributed by atoms with Gasteiger partial charge in [0.15, 0.2) is 0 Å². The second-order valence-corrected chi connectivity index (χ2v) is 7.20. The highest BCUT2D eigenvalue weighted by atomic mass is 32.2. The standard InChI is InChI=1S/C15H13F6N5OS2/c1-28-11-10(22)12(26-13(23)25-11)29-5-9(27)24-8-3-6(14(16,17)18)2-7(4-8)15(19,20)21/h2-4H,5,22H2,1H3,(H,24,27)(H2,23,25,26). The van der Waals surface area contributed by atoms with E-state index < -0.39 is 35.1 Å². The van der Waals surface area contributed by atoms with Crippen molar-refractivity contribution in [1.82, 2.24) is 9.97 Å². The van der Waals surface area contributed by atoms with Crippen LogP contribution in [0.4, 0.5) is 43.7 Å². The Hall–Kier alpha value is -2.35. The van der Waals surface area contributed by atoms with Gasteiger partial charge in [-0.1, -0.05) is 11.8 Å². The SMILES string of the molecule is CSc1nc(N)nc(SCC(=O)Nc2cc(C(F)(F)F)cc(C(F)(F)F)c2)c1N. The molecule has 0 spiro atoms. The van der Waals surface area contributed by atoms with E-state index in [2.05, 4.69) is 9.97 Å². The maximum atomic E-state index is 12.9. The first-order valence-corrected chi connectivity index (χ1v) is 9.71. The number of rotatable bonds is 5. The highest BCUT2D eigenvalue weighted by molar-refractivity contribution is 8.00. The third kappa shape index (κ3) is 6.06. The molecule has 0 radical (unpaired) electrons. The minimum absolute atomic E-state index is 0.0291. The van der Waals surface area contributed by atoms with Crippen LogP contribution < -0.4 is 16.8 Å². The number of anilines is 3. The van der Waals surface area contributed by atoms with Crippen molar-refractivity contribution in [2.45, 2.75) is 22.4 Å². The average molecular weight is 457 g/mol. The highest BCUT2D eigenvalue weighted by Crippen LogP contribution is 2.37. The second kappa shape index (κ2) is 8.57. The first-order chi connectivity index (χ1) is 13.3. The molecule has 0 saturated heterocycles. The largest absolute Gasteiger partial charge is 0.416 e. The summed E-state index contributed by atoms with van der Waals surface area (Å²) in [5.41, 5.74) is 7.81. The summed E-state index contributed by atoms with van der Waals surface area (Å²) < 4.78 is 77.2. The van der Waals surface area contributed by atoms with Crippen molar-refractivity contribution in [3.63, 3.8) is 0 Å². The summed E-state index contributed by atoms with van der Waals surface area (Å²) in [6, 6.07) is 0.806. The Labute approximate surface area is 168 Å². The van der Waals surface area contributed by atoms with Crippen LogP contribution in [0.2, 0.25) is 0 Å². The fourth-order valence-electron chi connectivity index (χ4n) is 2.07. The molecule has 0 saturated carbocycles. The summed E-state index contributed by atoms with van der Waals surface area (Å²) >= 11 is 2.00. The molecule has 1 aromatic heterocycles. The van der Waals surface area contributed by atoms with Crippen LogP contribution in [0.1, 0.15) is 11.1 Å². The molecular formula is C15H13F6N5OS2. The number of hydrogen-bond acceptors (Lipinski definition) is 7. The maximum absolute atomic E-state index is 12.9. The van der Waals surface area contributed by atoms with E-state index in [1.807, 2.05) is 5.32 Å². The molecule has 1 aromatic carbocycles. The molecule has 2 rings (SSSR count). The number of nitrogens with one attached hydrogen (secondary N) is 1. The summed E-state index contributed by atoms with van der Waals surface area (Å²) in [6.07, 6.45) is -8.35. The molecule has 0 aliphatic rings. The summed E-state index contributed by atoms with van der Waals surface area (Å²) in [7, 11) is 0. The first-order valence-electron chi connectivity index (χ1n) is 7.50. The van der Waals surface area contributed by atoms with Gasteiger partial charge >= 0.3 is 12.4 Å². The monoisotopic (exact) mass is 457 g/mol. The smallest absolute Gasteiger partial charge is 0.394 e. The minimum atomic E-state index is -5.02. The van der Waals surface area contributed by atoms with Crippen molar-refractivity contribution in [2.24, 2.45) is 0 Å². The number of nitrogen functional groups attached to an aromatic ring is 2. The molecule has 5 N–H and O–H groups in total. The lowest BCUT2D eigenvalue weighted by atomic mass is 10.1. The number of aromatic nitrogens is 2. The van der Waals surface area contributed by atoms with Gasteiger partial charge in [-0.05, 0) is 24.5 Å².